The molecule has 0 unspecified atom stereocenters. The summed E-state index contributed by atoms with van der Waals surface area (Å²) in [5.74, 6) is 1.24. The highest BCUT2D eigenvalue weighted by atomic mass is 16.3. The van der Waals surface area contributed by atoms with Crippen LogP contribution in [0.5, 0.6) is 0 Å². The lowest BCUT2D eigenvalue weighted by Gasteiger charge is -2.19. The average Bonchev–Trinajstić information content (AvgIpc) is 2.74. The molecular formula is C16H21N5O. The number of nitrogens with two attached hydrogens (primary N) is 1. The van der Waals surface area contributed by atoms with Gasteiger partial charge in [0.15, 0.2) is 5.82 Å². The number of hydrogen-bond donors (Lipinski definition) is 3. The molecule has 1 heterocycles. The van der Waals surface area contributed by atoms with Gasteiger partial charge in [-0.05, 0) is 37.3 Å². The van der Waals surface area contributed by atoms with Crippen molar-refractivity contribution in [3.05, 3.63) is 40.7 Å². The molecule has 0 saturated carbocycles. The van der Waals surface area contributed by atoms with Crippen LogP contribution in [0, 0.1) is 12.8 Å². The number of nitrogens with zero attached hydrogens (tertiary/aromatic N) is 3. The summed E-state index contributed by atoms with van der Waals surface area (Å²) in [6.45, 7) is 5.90. The van der Waals surface area contributed by atoms with E-state index >= 15 is 0 Å². The molecule has 1 aliphatic carbocycles. The summed E-state index contributed by atoms with van der Waals surface area (Å²) in [6, 6.07) is 6.67. The molecule has 2 aromatic rings. The first-order valence-electron chi connectivity index (χ1n) is 7.49. The molecule has 0 saturated heterocycles. The molecule has 22 heavy (non-hydrogen) atoms. The molecule has 116 valence electrons. The van der Waals surface area contributed by atoms with Crippen LogP contribution in [-0.4, -0.2) is 20.1 Å². The van der Waals surface area contributed by atoms with Gasteiger partial charge >= 0.3 is 0 Å². The van der Waals surface area contributed by atoms with Gasteiger partial charge in [0.25, 0.3) is 0 Å². The van der Waals surface area contributed by atoms with Crippen LogP contribution in [0.15, 0.2) is 18.2 Å². The third-order valence-corrected chi connectivity index (χ3v) is 4.08. The fourth-order valence-electron chi connectivity index (χ4n) is 2.98. The summed E-state index contributed by atoms with van der Waals surface area (Å²) in [7, 11) is 0. The highest BCUT2D eigenvalue weighted by molar-refractivity contribution is 5.44. The molecule has 3 atom stereocenters. The number of benzene rings is 1. The van der Waals surface area contributed by atoms with Crippen LogP contribution in [0.3, 0.4) is 0 Å². The number of fused-ring (bicyclic) bond motifs is 1. The molecule has 4 N–H and O–H groups in total. The van der Waals surface area contributed by atoms with Crippen molar-refractivity contribution >= 4 is 11.9 Å². The van der Waals surface area contributed by atoms with Gasteiger partial charge in [-0.15, -0.1) is 0 Å². The highest BCUT2D eigenvalue weighted by Crippen LogP contribution is 2.38. The lowest BCUT2D eigenvalue weighted by Crippen LogP contribution is -2.18. The zero-order valence-electron chi connectivity index (χ0n) is 13.0. The van der Waals surface area contributed by atoms with E-state index in [1.807, 2.05) is 0 Å². The number of aryl methyl sites for hydroxylation is 1. The Kier molecular flexibility index (Phi) is 3.70. The largest absolute Gasteiger partial charge is 0.385 e. The molecule has 3 rings (SSSR count). The van der Waals surface area contributed by atoms with Crippen molar-refractivity contribution in [2.75, 3.05) is 11.1 Å². The van der Waals surface area contributed by atoms with E-state index in [0.29, 0.717) is 11.9 Å². The first-order valence-corrected chi connectivity index (χ1v) is 7.49. The minimum Gasteiger partial charge on any atom is -0.385 e. The molecule has 6 nitrogen and oxygen atoms in total. The quantitative estimate of drug-likeness (QED) is 0.803. The zero-order valence-corrected chi connectivity index (χ0v) is 13.0. The van der Waals surface area contributed by atoms with Crippen molar-refractivity contribution in [3.8, 4) is 0 Å². The second-order valence-corrected chi connectivity index (χ2v) is 6.06. The SMILES string of the molecule is Cc1ccc2c(c1)[C@H](Nc1nc(N)nc([C@H](C)O)n1)[C@@H](C)C2. The van der Waals surface area contributed by atoms with Gasteiger partial charge in [-0.25, -0.2) is 0 Å². The number of rotatable bonds is 3. The van der Waals surface area contributed by atoms with Crippen molar-refractivity contribution in [2.24, 2.45) is 5.92 Å². The van der Waals surface area contributed by atoms with Gasteiger partial charge in [0.2, 0.25) is 11.9 Å². The minimum absolute atomic E-state index is 0.114. The lowest BCUT2D eigenvalue weighted by atomic mass is 10.0. The second-order valence-electron chi connectivity index (χ2n) is 6.06. The van der Waals surface area contributed by atoms with Gasteiger partial charge in [-0.2, -0.15) is 15.0 Å². The van der Waals surface area contributed by atoms with Gasteiger partial charge < -0.3 is 16.2 Å². The van der Waals surface area contributed by atoms with E-state index in [-0.39, 0.29) is 17.8 Å². The van der Waals surface area contributed by atoms with Crippen molar-refractivity contribution in [1.82, 2.24) is 15.0 Å². The van der Waals surface area contributed by atoms with Crippen molar-refractivity contribution in [2.45, 2.75) is 39.3 Å². The summed E-state index contributed by atoms with van der Waals surface area (Å²) in [5.41, 5.74) is 9.58. The van der Waals surface area contributed by atoms with Crippen molar-refractivity contribution in [1.29, 1.82) is 0 Å². The number of aromatic nitrogens is 3. The Balaban J connectivity index is 1.92. The van der Waals surface area contributed by atoms with Crippen LogP contribution in [0.4, 0.5) is 11.9 Å². The molecule has 1 aromatic carbocycles. The number of nitrogens with one attached hydrogen (secondary N) is 1. The first-order chi connectivity index (χ1) is 10.4. The van der Waals surface area contributed by atoms with Crippen molar-refractivity contribution < 1.29 is 5.11 Å². The summed E-state index contributed by atoms with van der Waals surface area (Å²) >= 11 is 0. The molecule has 0 aliphatic heterocycles. The Bertz CT molecular complexity index is 701. The van der Waals surface area contributed by atoms with E-state index in [4.69, 9.17) is 5.73 Å². The molecule has 1 aromatic heterocycles. The highest BCUT2D eigenvalue weighted by Gasteiger charge is 2.30. The molecule has 0 fully saturated rings. The van der Waals surface area contributed by atoms with Crippen LogP contribution in [-0.2, 0) is 6.42 Å². The Labute approximate surface area is 129 Å². The summed E-state index contributed by atoms with van der Waals surface area (Å²) in [4.78, 5) is 12.4. The van der Waals surface area contributed by atoms with Crippen LogP contribution in [0.2, 0.25) is 0 Å². The number of hydrogen-bond acceptors (Lipinski definition) is 6. The topological polar surface area (TPSA) is 97.0 Å². The number of aliphatic hydroxyl groups excluding tert-OH is 1. The smallest absolute Gasteiger partial charge is 0.228 e. The Hall–Kier alpha value is -2.21. The third-order valence-electron chi connectivity index (χ3n) is 4.08. The number of anilines is 2. The predicted molar refractivity (Wildman–Crippen MR) is 85.3 cm³/mol. The lowest BCUT2D eigenvalue weighted by molar-refractivity contribution is 0.189. The Morgan fingerprint density at radius 2 is 2.09 bits per heavy atom. The molecule has 1 aliphatic rings. The molecule has 0 amide bonds. The average molecular weight is 299 g/mol. The van der Waals surface area contributed by atoms with Gasteiger partial charge in [-0.1, -0.05) is 30.7 Å². The maximum absolute atomic E-state index is 9.64. The second kappa shape index (κ2) is 5.53. The monoisotopic (exact) mass is 299 g/mol. The van der Waals surface area contributed by atoms with Gasteiger partial charge in [0.05, 0.1) is 6.04 Å². The number of aliphatic hydroxyl groups is 1. The molecule has 0 bridgehead atoms. The zero-order chi connectivity index (χ0) is 15.9. The predicted octanol–water partition coefficient (Wildman–Crippen LogP) is 2.16. The fourth-order valence-corrected chi connectivity index (χ4v) is 2.98. The fraction of sp³-hybridized carbons (Fsp3) is 0.438. The van der Waals surface area contributed by atoms with Gasteiger partial charge in [0, 0.05) is 0 Å². The Morgan fingerprint density at radius 3 is 2.82 bits per heavy atom. The molecule has 0 spiro atoms. The van der Waals surface area contributed by atoms with Gasteiger partial charge in [-0.3, -0.25) is 0 Å². The molecular weight excluding hydrogens is 278 g/mol. The van der Waals surface area contributed by atoms with E-state index in [9.17, 15) is 5.11 Å². The van der Waals surface area contributed by atoms with E-state index in [1.165, 1.54) is 16.7 Å². The maximum Gasteiger partial charge on any atom is 0.228 e. The van der Waals surface area contributed by atoms with E-state index in [2.05, 4.69) is 52.3 Å². The van der Waals surface area contributed by atoms with Gasteiger partial charge in [0.1, 0.15) is 6.10 Å². The standard InChI is InChI=1S/C16H21N5O/c1-8-4-5-11-7-9(2)13(12(11)6-8)18-16-20-14(10(3)22)19-15(17)21-16/h4-6,9-10,13,22H,7H2,1-3H3,(H3,17,18,19,20,21)/t9-,10-,13+/m0/s1. The summed E-state index contributed by atoms with van der Waals surface area (Å²) < 4.78 is 0. The maximum atomic E-state index is 9.64. The third kappa shape index (κ3) is 2.74. The summed E-state index contributed by atoms with van der Waals surface area (Å²) in [5, 5.41) is 13.0. The number of nitrogen functional groups attached to an aromatic ring is 1. The van der Waals surface area contributed by atoms with E-state index in [1.54, 1.807) is 6.92 Å². The normalized spacial score (nSPS) is 21.5. The van der Waals surface area contributed by atoms with Crippen molar-refractivity contribution in [3.63, 3.8) is 0 Å². The summed E-state index contributed by atoms with van der Waals surface area (Å²) in [6.07, 6.45) is 0.248. The minimum atomic E-state index is -0.776. The van der Waals surface area contributed by atoms with Crippen LogP contribution < -0.4 is 11.1 Å². The van der Waals surface area contributed by atoms with Crippen LogP contribution >= 0.6 is 0 Å². The van der Waals surface area contributed by atoms with Crippen LogP contribution in [0.25, 0.3) is 0 Å². The van der Waals surface area contributed by atoms with E-state index < -0.39 is 6.10 Å². The van der Waals surface area contributed by atoms with E-state index in [0.717, 1.165) is 6.42 Å². The first kappa shape index (κ1) is 14.7. The Morgan fingerprint density at radius 1 is 1.32 bits per heavy atom. The molecule has 0 radical (unpaired) electrons. The van der Waals surface area contributed by atoms with Crippen LogP contribution in [0.1, 0.15) is 48.5 Å². The molecule has 6 heteroatoms.